The maximum absolute atomic E-state index is 6.40. The van der Waals surface area contributed by atoms with Gasteiger partial charge in [-0.05, 0) is 59.2 Å². The Labute approximate surface area is 200 Å². The third-order valence-electron chi connectivity index (χ3n) is 7.20. The van der Waals surface area contributed by atoms with Crippen molar-refractivity contribution in [1.29, 1.82) is 0 Å². The third kappa shape index (κ3) is 5.48. The number of piperidine rings is 1. The molecule has 2 aromatic rings. The number of nitrogens with zero attached hydrogens (tertiary/aromatic N) is 2. The molecule has 0 unspecified atom stereocenters. The minimum atomic E-state index is -1.11. The van der Waals surface area contributed by atoms with Crippen LogP contribution in [0.3, 0.4) is 0 Å². The highest BCUT2D eigenvalue weighted by Gasteiger charge is 2.52. The molecule has 2 N–H and O–H groups in total. The Bertz CT molecular complexity index is 951. The van der Waals surface area contributed by atoms with Crippen LogP contribution in [0, 0.1) is 0 Å². The molecule has 2 aliphatic heterocycles. The number of hydrogen-bond donors (Lipinski definition) is 2. The molecule has 2 aromatic heterocycles. The van der Waals surface area contributed by atoms with E-state index in [2.05, 4.69) is 74.8 Å². The summed E-state index contributed by atoms with van der Waals surface area (Å²) < 4.78 is 20.9. The first-order valence-corrected chi connectivity index (χ1v) is 16.1. The summed E-state index contributed by atoms with van der Waals surface area (Å²) in [5.41, 5.74) is 2.16. The highest BCUT2D eigenvalue weighted by atomic mass is 28.3. The summed E-state index contributed by atoms with van der Waals surface area (Å²) in [6.07, 6.45) is 6.30. The molecule has 0 bridgehead atoms. The highest BCUT2D eigenvalue weighted by molar-refractivity contribution is 6.76. The van der Waals surface area contributed by atoms with Crippen LogP contribution in [0.5, 0.6) is 0 Å². The average molecular weight is 473 g/mol. The Kier molecular flexibility index (Phi) is 7.00. The minimum absolute atomic E-state index is 0.363. The minimum Gasteiger partial charge on any atom is -0.399 e. The third-order valence-corrected chi connectivity index (χ3v) is 8.90. The molecule has 7 nitrogen and oxygen atoms in total. The van der Waals surface area contributed by atoms with Gasteiger partial charge in [-0.25, -0.2) is 4.98 Å². The van der Waals surface area contributed by atoms with E-state index >= 15 is 0 Å². The number of ether oxygens (including phenoxy) is 1. The van der Waals surface area contributed by atoms with Crippen molar-refractivity contribution in [1.82, 2.24) is 14.9 Å². The molecule has 0 amide bonds. The maximum atomic E-state index is 6.40. The summed E-state index contributed by atoms with van der Waals surface area (Å²) in [5.74, 6) is 0. The lowest BCUT2D eigenvalue weighted by molar-refractivity contribution is 0.00578. The van der Waals surface area contributed by atoms with Crippen LogP contribution in [0.2, 0.25) is 25.7 Å². The lowest BCUT2D eigenvalue weighted by Crippen LogP contribution is -2.42. The van der Waals surface area contributed by atoms with E-state index in [9.17, 15) is 0 Å². The number of pyridine rings is 1. The van der Waals surface area contributed by atoms with E-state index in [0.717, 1.165) is 54.3 Å². The summed E-state index contributed by atoms with van der Waals surface area (Å²) in [6, 6.07) is 3.66. The molecule has 182 valence electrons. The molecule has 0 spiro atoms. The van der Waals surface area contributed by atoms with Gasteiger partial charge in [0.2, 0.25) is 0 Å². The molecule has 9 heteroatoms. The van der Waals surface area contributed by atoms with Gasteiger partial charge in [-0.3, -0.25) is 0 Å². The van der Waals surface area contributed by atoms with Crippen molar-refractivity contribution in [3.63, 3.8) is 0 Å². The van der Waals surface area contributed by atoms with Crippen molar-refractivity contribution in [3.05, 3.63) is 18.5 Å². The van der Waals surface area contributed by atoms with Gasteiger partial charge in [0.15, 0.2) is 0 Å². The number of nitrogens with one attached hydrogen (secondary N) is 2. The summed E-state index contributed by atoms with van der Waals surface area (Å²) in [7, 11) is -1.56. The van der Waals surface area contributed by atoms with Gasteiger partial charge < -0.3 is 29.2 Å². The zero-order valence-corrected chi connectivity index (χ0v) is 22.5. The normalized spacial score (nSPS) is 22.8. The number of fused-ring (bicyclic) bond motifs is 1. The molecule has 0 aromatic carbocycles. The van der Waals surface area contributed by atoms with Crippen molar-refractivity contribution >= 4 is 37.4 Å². The summed E-state index contributed by atoms with van der Waals surface area (Å²) in [4.78, 5) is 4.84. The molecule has 2 fully saturated rings. The van der Waals surface area contributed by atoms with Crippen molar-refractivity contribution in [2.24, 2.45) is 0 Å². The highest BCUT2D eigenvalue weighted by Crippen LogP contribution is 2.37. The second-order valence-electron chi connectivity index (χ2n) is 11.7. The van der Waals surface area contributed by atoms with Crippen LogP contribution in [0.15, 0.2) is 18.5 Å². The molecule has 0 saturated carbocycles. The predicted molar refractivity (Wildman–Crippen MR) is 139 cm³/mol. The predicted octanol–water partition coefficient (Wildman–Crippen LogP) is 3.81. The number of hydrogen-bond acceptors (Lipinski definition) is 6. The van der Waals surface area contributed by atoms with Crippen LogP contribution in [0.4, 0.5) is 5.69 Å². The van der Waals surface area contributed by atoms with E-state index in [1.807, 2.05) is 6.20 Å². The van der Waals surface area contributed by atoms with E-state index in [-0.39, 0.29) is 0 Å². The fraction of sp³-hybridized carbons (Fsp3) is 0.708. The lowest BCUT2D eigenvalue weighted by Gasteiger charge is -2.32. The van der Waals surface area contributed by atoms with Crippen LogP contribution < -0.4 is 16.1 Å². The van der Waals surface area contributed by atoms with Crippen molar-refractivity contribution in [2.75, 3.05) is 25.0 Å². The van der Waals surface area contributed by atoms with Crippen LogP contribution in [0.25, 0.3) is 11.0 Å². The smallest absolute Gasteiger partial charge is 0.399 e. The summed E-state index contributed by atoms with van der Waals surface area (Å²) >= 11 is 0. The Balaban J connectivity index is 1.62. The number of aromatic nitrogens is 2. The molecule has 0 aliphatic carbocycles. The van der Waals surface area contributed by atoms with Gasteiger partial charge in [0, 0.05) is 56.2 Å². The van der Waals surface area contributed by atoms with E-state index in [1.54, 1.807) is 0 Å². The monoisotopic (exact) mass is 472 g/mol. The van der Waals surface area contributed by atoms with Gasteiger partial charge in [-0.2, -0.15) is 0 Å². The zero-order valence-electron chi connectivity index (χ0n) is 21.5. The second kappa shape index (κ2) is 9.34. The second-order valence-corrected chi connectivity index (χ2v) is 17.4. The van der Waals surface area contributed by atoms with Crippen molar-refractivity contribution in [3.8, 4) is 0 Å². The lowest BCUT2D eigenvalue weighted by atomic mass is 9.78. The standard InChI is InChI=1S/C24H41BN4O3Si/c1-23(2)24(3,4)32-25(31-23)20-16-27-22-19(21(20)28-18-9-8-11-26-15-18)10-12-29(22)17-30-13-14-33(5,6)7/h10,12,16,18,26H,8-9,11,13-15,17H2,1-7H3,(H,27,28)/t18-/m1/s1. The average Bonchev–Trinajstić information content (AvgIpc) is 3.23. The molecule has 2 saturated heterocycles. The topological polar surface area (TPSA) is 69.6 Å². The molecule has 4 rings (SSSR count). The first-order valence-electron chi connectivity index (χ1n) is 12.4. The summed E-state index contributed by atoms with van der Waals surface area (Å²) in [5, 5.41) is 8.41. The molecular weight excluding hydrogens is 431 g/mol. The molecule has 2 aliphatic rings. The Hall–Kier alpha value is -1.39. The Morgan fingerprint density at radius 2 is 1.97 bits per heavy atom. The summed E-state index contributed by atoms with van der Waals surface area (Å²) in [6.45, 7) is 18.8. The van der Waals surface area contributed by atoms with Gasteiger partial charge in [0.05, 0.1) is 11.2 Å². The largest absolute Gasteiger partial charge is 0.498 e. The SMILES string of the molecule is CC1(C)OB(c2cnc3c(ccn3COCC[Si](C)(C)C)c2N[C@@H]2CCCNC2)OC1(C)C. The van der Waals surface area contributed by atoms with Gasteiger partial charge in [0.1, 0.15) is 12.4 Å². The van der Waals surface area contributed by atoms with Crippen LogP contribution in [0.1, 0.15) is 40.5 Å². The number of anilines is 1. The molecular formula is C24H41BN4O3Si. The first kappa shape index (κ1) is 24.7. The molecule has 33 heavy (non-hydrogen) atoms. The number of rotatable bonds is 8. The van der Waals surface area contributed by atoms with Crippen LogP contribution in [-0.2, 0) is 20.8 Å². The van der Waals surface area contributed by atoms with Gasteiger partial charge in [-0.15, -0.1) is 0 Å². The van der Waals surface area contributed by atoms with Crippen molar-refractivity contribution in [2.45, 2.75) is 90.2 Å². The van der Waals surface area contributed by atoms with E-state index in [4.69, 9.17) is 19.0 Å². The van der Waals surface area contributed by atoms with E-state index < -0.39 is 26.4 Å². The fourth-order valence-corrected chi connectivity index (χ4v) is 5.05. The maximum Gasteiger partial charge on any atom is 0.498 e. The first-order chi connectivity index (χ1) is 15.5. The molecule has 0 radical (unpaired) electrons. The fourth-order valence-electron chi connectivity index (χ4n) is 4.29. The van der Waals surface area contributed by atoms with Gasteiger partial charge in [0.25, 0.3) is 0 Å². The zero-order chi connectivity index (χ0) is 23.9. The molecule has 1 atom stereocenters. The van der Waals surface area contributed by atoms with Gasteiger partial charge >= 0.3 is 7.12 Å². The van der Waals surface area contributed by atoms with Crippen LogP contribution >= 0.6 is 0 Å². The van der Waals surface area contributed by atoms with E-state index in [1.165, 1.54) is 6.42 Å². The Morgan fingerprint density at radius 1 is 1.24 bits per heavy atom. The van der Waals surface area contributed by atoms with Crippen molar-refractivity contribution < 1.29 is 14.0 Å². The van der Waals surface area contributed by atoms with Crippen LogP contribution in [-0.4, -0.2) is 61.7 Å². The quantitative estimate of drug-likeness (QED) is 0.450. The molecule has 4 heterocycles. The van der Waals surface area contributed by atoms with Gasteiger partial charge in [-0.1, -0.05) is 19.6 Å². The van der Waals surface area contributed by atoms with E-state index in [0.29, 0.717) is 12.8 Å². The Morgan fingerprint density at radius 3 is 2.61 bits per heavy atom.